The van der Waals surface area contributed by atoms with Crippen molar-refractivity contribution in [2.24, 2.45) is 0 Å². The fourth-order valence-electron chi connectivity index (χ4n) is 3.53. The summed E-state index contributed by atoms with van der Waals surface area (Å²) in [4.78, 5) is 0. The molecule has 0 heterocycles. The molecule has 0 aromatic heterocycles. The minimum absolute atomic E-state index is 0.271. The highest BCUT2D eigenvalue weighted by Crippen LogP contribution is 2.32. The monoisotopic (exact) mass is 547 g/mol. The third-order valence-electron chi connectivity index (χ3n) is 5.41. The van der Waals surface area contributed by atoms with E-state index < -0.39 is 27.6 Å². The van der Waals surface area contributed by atoms with Crippen LogP contribution in [0.15, 0.2) is 65.1 Å². The number of halogens is 2. The number of aryl methyl sites for hydroxylation is 1. The lowest BCUT2D eigenvalue weighted by Gasteiger charge is -2.24. The predicted octanol–water partition coefficient (Wildman–Crippen LogP) is 6.48. The number of para-hydroxylation sites is 1. The highest BCUT2D eigenvalue weighted by molar-refractivity contribution is 9.10. The van der Waals surface area contributed by atoms with Crippen LogP contribution >= 0.6 is 15.9 Å². The molecular weight excluding hydrogens is 517 g/mol. The summed E-state index contributed by atoms with van der Waals surface area (Å²) < 4.78 is 37.4. The normalized spacial score (nSPS) is 13.5. The Morgan fingerprint density at radius 2 is 1.85 bits per heavy atom. The molecule has 3 rings (SSSR count). The Hall–Kier alpha value is -2.06. The van der Waals surface area contributed by atoms with Crippen LogP contribution in [-0.2, 0) is 24.0 Å². The second-order valence-electron chi connectivity index (χ2n) is 9.04. The summed E-state index contributed by atoms with van der Waals surface area (Å²) >= 11 is 3.53. The van der Waals surface area contributed by atoms with Gasteiger partial charge in [-0.3, -0.25) is 0 Å². The van der Waals surface area contributed by atoms with E-state index in [1.165, 1.54) is 0 Å². The van der Waals surface area contributed by atoms with Gasteiger partial charge < -0.3 is 9.84 Å². The Bertz CT molecular complexity index is 1160. The molecule has 2 N–H and O–H groups in total. The third kappa shape index (κ3) is 6.54. The van der Waals surface area contributed by atoms with Gasteiger partial charge in [0.15, 0.2) is 0 Å². The van der Waals surface area contributed by atoms with Gasteiger partial charge in [-0.05, 0) is 68.1 Å². The van der Waals surface area contributed by atoms with Crippen LogP contribution in [0.1, 0.15) is 50.4 Å². The molecule has 0 amide bonds. The molecule has 0 radical (unpaired) electrons. The van der Waals surface area contributed by atoms with Crippen molar-refractivity contribution in [2.45, 2.75) is 51.5 Å². The van der Waals surface area contributed by atoms with Gasteiger partial charge in [-0.2, -0.15) is 0 Å². The van der Waals surface area contributed by atoms with Crippen LogP contribution in [-0.4, -0.2) is 20.7 Å². The highest BCUT2D eigenvalue weighted by atomic mass is 79.9. The minimum atomic E-state index is -1.46. The number of nitrogens with one attached hydrogen (secondary N) is 1. The minimum Gasteiger partial charge on any atom is -0.489 e. The van der Waals surface area contributed by atoms with Crippen LogP contribution in [0.2, 0.25) is 0 Å². The summed E-state index contributed by atoms with van der Waals surface area (Å²) in [5.41, 5.74) is 3.38. The first-order valence-corrected chi connectivity index (χ1v) is 13.2. The molecule has 2 unspecified atom stereocenters. The Morgan fingerprint density at radius 1 is 1.12 bits per heavy atom. The molecular formula is C27H31BrFNO3S. The first-order chi connectivity index (χ1) is 16.1. The molecule has 0 aliphatic rings. The molecule has 0 bridgehead atoms. The number of hydrogen-bond acceptors (Lipinski definition) is 3. The molecule has 3 aromatic rings. The molecule has 0 spiro atoms. The number of aliphatic hydroxyl groups is 1. The standard InChI is InChI=1S/C27H31BrFNO3S/c1-5-19-9-6-7-12-25(19)33-17-18-13-20(15-21(28)14-18)22-10-8-11-23(26(22)29)24(16-31)30-34(32)27(2,3)4/h6-15,24,30-31H,5,16-17H2,1-4H3. The molecule has 34 heavy (non-hydrogen) atoms. The molecule has 3 aromatic carbocycles. The van der Waals surface area contributed by atoms with Crippen molar-refractivity contribution in [2.75, 3.05) is 6.61 Å². The molecule has 2 atom stereocenters. The SMILES string of the molecule is CCc1ccccc1OCc1cc(Br)cc(-c2cccc(C(CO)NS(=O)C(C)(C)C)c2F)c1. The van der Waals surface area contributed by atoms with Crippen molar-refractivity contribution >= 4 is 26.9 Å². The quantitative estimate of drug-likeness (QED) is 0.322. The van der Waals surface area contributed by atoms with Crippen LogP contribution in [0.4, 0.5) is 4.39 Å². The van der Waals surface area contributed by atoms with Crippen LogP contribution in [0.5, 0.6) is 5.75 Å². The van der Waals surface area contributed by atoms with Crippen molar-refractivity contribution in [1.82, 2.24) is 4.72 Å². The van der Waals surface area contributed by atoms with Gasteiger partial charge in [0.25, 0.3) is 0 Å². The van der Waals surface area contributed by atoms with Crippen molar-refractivity contribution < 1.29 is 18.4 Å². The van der Waals surface area contributed by atoms with Crippen molar-refractivity contribution in [1.29, 1.82) is 0 Å². The van der Waals surface area contributed by atoms with E-state index in [-0.39, 0.29) is 12.2 Å². The summed E-state index contributed by atoms with van der Waals surface area (Å²) in [6, 6.07) is 17.9. The van der Waals surface area contributed by atoms with Gasteiger partial charge in [-0.15, -0.1) is 0 Å². The average Bonchev–Trinajstić information content (AvgIpc) is 2.80. The van der Waals surface area contributed by atoms with E-state index in [0.29, 0.717) is 17.7 Å². The maximum absolute atomic E-state index is 15.7. The summed E-state index contributed by atoms with van der Waals surface area (Å²) in [6.07, 6.45) is 0.873. The number of benzene rings is 3. The lowest BCUT2D eigenvalue weighted by atomic mass is 9.98. The van der Waals surface area contributed by atoms with E-state index in [9.17, 15) is 9.32 Å². The van der Waals surface area contributed by atoms with Gasteiger partial charge in [0, 0.05) is 15.6 Å². The maximum Gasteiger partial charge on any atom is 0.135 e. The van der Waals surface area contributed by atoms with E-state index in [1.54, 1.807) is 18.2 Å². The predicted molar refractivity (Wildman–Crippen MR) is 141 cm³/mol. The van der Waals surface area contributed by atoms with Gasteiger partial charge in [0.1, 0.15) is 18.2 Å². The van der Waals surface area contributed by atoms with E-state index >= 15 is 4.39 Å². The van der Waals surface area contributed by atoms with Crippen LogP contribution in [0, 0.1) is 5.82 Å². The first kappa shape index (κ1) is 26.5. The van der Waals surface area contributed by atoms with E-state index in [2.05, 4.69) is 27.6 Å². The smallest absolute Gasteiger partial charge is 0.135 e. The Kier molecular flexibility index (Phi) is 9.04. The summed E-state index contributed by atoms with van der Waals surface area (Å²) in [5, 5.41) is 9.90. The zero-order valence-electron chi connectivity index (χ0n) is 19.9. The molecule has 7 heteroatoms. The average molecular weight is 549 g/mol. The molecule has 182 valence electrons. The summed E-state index contributed by atoms with van der Waals surface area (Å²) in [6.45, 7) is 7.51. The molecule has 0 aliphatic heterocycles. The molecule has 0 aliphatic carbocycles. The van der Waals surface area contributed by atoms with Crippen molar-refractivity contribution in [3.05, 3.63) is 87.6 Å². The van der Waals surface area contributed by atoms with Gasteiger partial charge in [0.05, 0.1) is 28.4 Å². The van der Waals surface area contributed by atoms with Crippen molar-refractivity contribution in [3.8, 4) is 16.9 Å². The Labute approximate surface area is 212 Å². The fraction of sp³-hybridized carbons (Fsp3) is 0.333. The zero-order valence-corrected chi connectivity index (χ0v) is 22.3. The van der Waals surface area contributed by atoms with Crippen molar-refractivity contribution in [3.63, 3.8) is 0 Å². The number of rotatable bonds is 9. The van der Waals surface area contributed by atoms with E-state index in [1.807, 2.05) is 63.2 Å². The van der Waals surface area contributed by atoms with Crippen LogP contribution in [0.3, 0.4) is 0 Å². The highest BCUT2D eigenvalue weighted by Gasteiger charge is 2.25. The lowest BCUT2D eigenvalue weighted by molar-refractivity contribution is 0.257. The second-order valence-corrected chi connectivity index (χ2v) is 12.0. The summed E-state index contributed by atoms with van der Waals surface area (Å²) in [7, 11) is -1.46. The van der Waals surface area contributed by atoms with E-state index in [4.69, 9.17) is 4.74 Å². The van der Waals surface area contributed by atoms with Gasteiger partial charge in [0.2, 0.25) is 0 Å². The Balaban J connectivity index is 1.90. The fourth-order valence-corrected chi connectivity index (χ4v) is 4.89. The molecule has 0 saturated heterocycles. The van der Waals surface area contributed by atoms with Gasteiger partial charge in [-0.25, -0.2) is 13.3 Å². The second kappa shape index (κ2) is 11.6. The Morgan fingerprint density at radius 3 is 2.53 bits per heavy atom. The number of ether oxygens (including phenoxy) is 1. The molecule has 0 fully saturated rings. The maximum atomic E-state index is 15.7. The topological polar surface area (TPSA) is 58.6 Å². The molecule has 0 saturated carbocycles. The molecule has 4 nitrogen and oxygen atoms in total. The largest absolute Gasteiger partial charge is 0.489 e. The summed E-state index contributed by atoms with van der Waals surface area (Å²) in [5.74, 6) is 0.379. The zero-order chi connectivity index (χ0) is 24.9. The van der Waals surface area contributed by atoms with Gasteiger partial charge in [-0.1, -0.05) is 59.3 Å². The van der Waals surface area contributed by atoms with Crippen LogP contribution in [0.25, 0.3) is 11.1 Å². The lowest BCUT2D eigenvalue weighted by Crippen LogP contribution is -2.37. The number of aliphatic hydroxyl groups excluding tert-OH is 1. The van der Waals surface area contributed by atoms with Gasteiger partial charge >= 0.3 is 0 Å². The first-order valence-electron chi connectivity index (χ1n) is 11.2. The van der Waals surface area contributed by atoms with E-state index in [0.717, 1.165) is 27.8 Å². The van der Waals surface area contributed by atoms with Crippen LogP contribution < -0.4 is 9.46 Å². The number of hydrogen-bond donors (Lipinski definition) is 2. The third-order valence-corrected chi connectivity index (χ3v) is 7.48.